The van der Waals surface area contributed by atoms with Crippen molar-refractivity contribution in [3.8, 4) is 11.3 Å². The van der Waals surface area contributed by atoms with E-state index in [4.69, 9.17) is 0 Å². The van der Waals surface area contributed by atoms with Crippen LogP contribution in [0.5, 0.6) is 0 Å². The highest BCUT2D eigenvalue weighted by molar-refractivity contribution is 7.97. The third-order valence-electron chi connectivity index (χ3n) is 5.37. The lowest BCUT2D eigenvalue weighted by atomic mass is 10.1. The van der Waals surface area contributed by atoms with Crippen molar-refractivity contribution in [3.63, 3.8) is 0 Å². The molecule has 0 radical (unpaired) electrons. The van der Waals surface area contributed by atoms with Gasteiger partial charge >= 0.3 is 0 Å². The zero-order chi connectivity index (χ0) is 20.5. The Morgan fingerprint density at radius 3 is 2.67 bits per heavy atom. The quantitative estimate of drug-likeness (QED) is 0.422. The Hall–Kier alpha value is -3.18. The lowest BCUT2D eigenvalue weighted by Gasteiger charge is -2.18. The Morgan fingerprint density at radius 1 is 1.00 bits per heavy atom. The fourth-order valence-electron chi connectivity index (χ4n) is 3.97. The summed E-state index contributed by atoms with van der Waals surface area (Å²) in [7, 11) is 0. The standard InChI is InChI=1S/C25H23N3OS/c1-17-14-24(29)27-21-12-7-11-20(25(21)26-17)23-15-19-10-5-6-13-22(19)28(23)30-16-18-8-3-2-4-9-18/h2-13,15,17,26H,14,16H2,1H3,(H,27,29). The third kappa shape index (κ3) is 3.57. The molecule has 0 spiro atoms. The van der Waals surface area contributed by atoms with Crippen LogP contribution in [0.1, 0.15) is 18.9 Å². The Kier molecular flexibility index (Phi) is 4.97. The number of para-hydroxylation sites is 2. The minimum absolute atomic E-state index is 0.0462. The van der Waals surface area contributed by atoms with Crippen molar-refractivity contribution in [1.29, 1.82) is 0 Å². The number of amides is 1. The van der Waals surface area contributed by atoms with Crippen LogP contribution >= 0.6 is 11.9 Å². The van der Waals surface area contributed by atoms with Gasteiger partial charge in [0, 0.05) is 29.2 Å². The van der Waals surface area contributed by atoms with Crippen molar-refractivity contribution >= 4 is 40.1 Å². The van der Waals surface area contributed by atoms with Gasteiger partial charge in [-0.15, -0.1) is 0 Å². The molecule has 0 aliphatic carbocycles. The van der Waals surface area contributed by atoms with Gasteiger partial charge in [-0.05, 0) is 42.6 Å². The van der Waals surface area contributed by atoms with E-state index in [0.29, 0.717) is 6.42 Å². The molecule has 0 saturated carbocycles. The molecule has 2 heterocycles. The van der Waals surface area contributed by atoms with Gasteiger partial charge in [0.2, 0.25) is 5.91 Å². The van der Waals surface area contributed by atoms with E-state index < -0.39 is 0 Å². The Labute approximate surface area is 180 Å². The van der Waals surface area contributed by atoms with Gasteiger partial charge in [0.25, 0.3) is 0 Å². The fourth-order valence-corrected chi connectivity index (χ4v) is 5.04. The molecule has 30 heavy (non-hydrogen) atoms. The maximum atomic E-state index is 12.2. The zero-order valence-corrected chi connectivity index (χ0v) is 17.6. The predicted molar refractivity (Wildman–Crippen MR) is 127 cm³/mol. The van der Waals surface area contributed by atoms with E-state index in [1.165, 1.54) is 16.5 Å². The lowest BCUT2D eigenvalue weighted by Crippen LogP contribution is -2.19. The number of aromatic nitrogens is 1. The van der Waals surface area contributed by atoms with Gasteiger partial charge in [-0.1, -0.05) is 60.7 Å². The van der Waals surface area contributed by atoms with E-state index in [-0.39, 0.29) is 11.9 Å². The number of hydrogen-bond donors (Lipinski definition) is 2. The molecule has 1 aromatic heterocycles. The van der Waals surface area contributed by atoms with E-state index in [0.717, 1.165) is 28.4 Å². The van der Waals surface area contributed by atoms with E-state index in [1.807, 2.05) is 25.1 Å². The minimum Gasteiger partial charge on any atom is -0.380 e. The smallest absolute Gasteiger partial charge is 0.226 e. The van der Waals surface area contributed by atoms with Crippen LogP contribution in [0.2, 0.25) is 0 Å². The topological polar surface area (TPSA) is 46.1 Å². The van der Waals surface area contributed by atoms with Crippen LogP contribution < -0.4 is 10.6 Å². The summed E-state index contributed by atoms with van der Waals surface area (Å²) >= 11 is 1.79. The number of nitrogens with one attached hydrogen (secondary N) is 2. The molecular formula is C25H23N3OS. The second kappa shape index (κ2) is 7.92. The highest BCUT2D eigenvalue weighted by Crippen LogP contribution is 2.41. The summed E-state index contributed by atoms with van der Waals surface area (Å²) in [6.07, 6.45) is 0.458. The maximum absolute atomic E-state index is 12.2. The van der Waals surface area contributed by atoms with Crippen molar-refractivity contribution in [3.05, 3.63) is 84.4 Å². The number of nitrogens with zero attached hydrogens (tertiary/aromatic N) is 1. The Morgan fingerprint density at radius 2 is 1.80 bits per heavy atom. The molecule has 3 aromatic carbocycles. The van der Waals surface area contributed by atoms with Gasteiger partial charge < -0.3 is 10.6 Å². The number of rotatable bonds is 4. The molecule has 0 bridgehead atoms. The Balaban J connectivity index is 1.63. The molecule has 1 atom stereocenters. The van der Waals surface area contributed by atoms with Crippen LogP contribution in [0.25, 0.3) is 22.2 Å². The van der Waals surface area contributed by atoms with Crippen molar-refractivity contribution in [1.82, 2.24) is 3.97 Å². The van der Waals surface area contributed by atoms with Gasteiger partial charge in [0.15, 0.2) is 0 Å². The second-order valence-electron chi connectivity index (χ2n) is 7.67. The molecule has 1 amide bonds. The van der Waals surface area contributed by atoms with Crippen molar-refractivity contribution < 1.29 is 4.79 Å². The van der Waals surface area contributed by atoms with Crippen LogP contribution in [0.3, 0.4) is 0 Å². The van der Waals surface area contributed by atoms with E-state index in [1.54, 1.807) is 11.9 Å². The normalized spacial score (nSPS) is 15.9. The summed E-state index contributed by atoms with van der Waals surface area (Å²) in [5.74, 6) is 0.923. The van der Waals surface area contributed by atoms with E-state index in [9.17, 15) is 4.79 Å². The molecule has 0 fully saturated rings. The molecule has 2 N–H and O–H groups in total. The summed E-state index contributed by atoms with van der Waals surface area (Å²) in [5.41, 5.74) is 6.53. The number of benzene rings is 3. The van der Waals surface area contributed by atoms with Crippen LogP contribution in [0.15, 0.2) is 78.9 Å². The van der Waals surface area contributed by atoms with Crippen LogP contribution in [0.4, 0.5) is 11.4 Å². The molecule has 1 aliphatic heterocycles. The summed E-state index contributed by atoms with van der Waals surface area (Å²) < 4.78 is 2.32. The van der Waals surface area contributed by atoms with Gasteiger partial charge in [0.1, 0.15) is 0 Å². The predicted octanol–water partition coefficient (Wildman–Crippen LogP) is 6.15. The average molecular weight is 414 g/mol. The third-order valence-corrected chi connectivity index (χ3v) is 6.48. The number of fused-ring (bicyclic) bond motifs is 2. The molecule has 1 aliphatic rings. The van der Waals surface area contributed by atoms with Gasteiger partial charge in [-0.25, -0.2) is 0 Å². The fraction of sp³-hybridized carbons (Fsp3) is 0.160. The second-order valence-corrected chi connectivity index (χ2v) is 8.58. The molecule has 1 unspecified atom stereocenters. The van der Waals surface area contributed by atoms with Crippen LogP contribution in [-0.4, -0.2) is 15.9 Å². The van der Waals surface area contributed by atoms with E-state index >= 15 is 0 Å². The molecular weight excluding hydrogens is 390 g/mol. The van der Waals surface area contributed by atoms with Crippen LogP contribution in [-0.2, 0) is 10.5 Å². The first kappa shape index (κ1) is 18.8. The molecule has 5 rings (SSSR count). The van der Waals surface area contributed by atoms with Crippen molar-refractivity contribution in [2.75, 3.05) is 10.6 Å². The highest BCUT2D eigenvalue weighted by atomic mass is 32.2. The van der Waals surface area contributed by atoms with Crippen molar-refractivity contribution in [2.24, 2.45) is 0 Å². The largest absolute Gasteiger partial charge is 0.380 e. The summed E-state index contributed by atoms with van der Waals surface area (Å²) in [6.45, 7) is 2.05. The van der Waals surface area contributed by atoms with Gasteiger partial charge in [-0.3, -0.25) is 8.77 Å². The summed E-state index contributed by atoms with van der Waals surface area (Å²) in [5, 5.41) is 7.82. The molecule has 5 heteroatoms. The highest BCUT2D eigenvalue weighted by Gasteiger charge is 2.22. The van der Waals surface area contributed by atoms with E-state index in [2.05, 4.69) is 75.3 Å². The minimum atomic E-state index is 0.0462. The van der Waals surface area contributed by atoms with Gasteiger partial charge in [0.05, 0.1) is 22.6 Å². The zero-order valence-electron chi connectivity index (χ0n) is 16.8. The number of anilines is 2. The Bertz CT molecular complexity index is 1220. The SMILES string of the molecule is CC1CC(=O)Nc2cccc(-c3cc4ccccc4n3SCc3ccccc3)c2N1. The first-order valence-electron chi connectivity index (χ1n) is 10.2. The number of carbonyl (C=O) groups excluding carboxylic acids is 1. The van der Waals surface area contributed by atoms with Crippen molar-refractivity contribution in [2.45, 2.75) is 25.1 Å². The number of hydrogen-bond acceptors (Lipinski definition) is 3. The summed E-state index contributed by atoms with van der Waals surface area (Å²) in [4.78, 5) is 12.2. The first-order chi connectivity index (χ1) is 14.7. The van der Waals surface area contributed by atoms with Crippen LogP contribution in [0, 0.1) is 0 Å². The molecule has 4 aromatic rings. The lowest BCUT2D eigenvalue weighted by molar-refractivity contribution is -0.116. The monoisotopic (exact) mass is 413 g/mol. The molecule has 150 valence electrons. The molecule has 4 nitrogen and oxygen atoms in total. The molecule has 0 saturated heterocycles. The van der Waals surface area contributed by atoms with Gasteiger partial charge in [-0.2, -0.15) is 0 Å². The average Bonchev–Trinajstić information content (AvgIpc) is 3.04. The maximum Gasteiger partial charge on any atom is 0.226 e. The number of carbonyl (C=O) groups is 1. The summed E-state index contributed by atoms with van der Waals surface area (Å²) in [6, 6.07) is 27.4. The first-order valence-corrected chi connectivity index (χ1v) is 11.1.